The molecule has 1 aliphatic rings. The van der Waals surface area contributed by atoms with Crippen molar-refractivity contribution in [3.05, 3.63) is 21.7 Å². The van der Waals surface area contributed by atoms with E-state index in [9.17, 15) is 0 Å². The van der Waals surface area contributed by atoms with Gasteiger partial charge in [-0.1, -0.05) is 0 Å². The molecule has 1 N–H and O–H groups in total. The van der Waals surface area contributed by atoms with Crippen LogP contribution in [-0.2, 0) is 0 Å². The molecule has 2 aromatic heterocycles. The Labute approximate surface area is 138 Å². The van der Waals surface area contributed by atoms with Crippen LogP contribution in [0.3, 0.4) is 0 Å². The number of nitrogens with zero attached hydrogens (tertiary/aromatic N) is 4. The summed E-state index contributed by atoms with van der Waals surface area (Å²) in [5.41, 5.74) is 2.18. The molecule has 1 saturated carbocycles. The van der Waals surface area contributed by atoms with Gasteiger partial charge in [0.2, 0.25) is 0 Å². The Morgan fingerprint density at radius 2 is 2.14 bits per heavy atom. The molecular formula is C15H20IN5. The van der Waals surface area contributed by atoms with E-state index < -0.39 is 0 Å². The fourth-order valence-electron chi connectivity index (χ4n) is 2.24. The second kappa shape index (κ2) is 5.90. The number of rotatable bonds is 5. The van der Waals surface area contributed by atoms with E-state index in [1.54, 1.807) is 0 Å². The Balaban J connectivity index is 2.04. The van der Waals surface area contributed by atoms with Crippen molar-refractivity contribution in [2.75, 3.05) is 11.9 Å². The van der Waals surface area contributed by atoms with Crippen LogP contribution in [0.2, 0.25) is 0 Å². The van der Waals surface area contributed by atoms with E-state index in [2.05, 4.69) is 53.8 Å². The molecule has 6 heteroatoms. The lowest BCUT2D eigenvalue weighted by Crippen LogP contribution is -2.07. The van der Waals surface area contributed by atoms with Gasteiger partial charge < -0.3 is 5.32 Å². The molecule has 0 amide bonds. The molecule has 0 aromatic carbocycles. The molecule has 0 spiro atoms. The van der Waals surface area contributed by atoms with Gasteiger partial charge in [0.1, 0.15) is 5.82 Å². The van der Waals surface area contributed by atoms with E-state index in [-0.39, 0.29) is 0 Å². The highest BCUT2D eigenvalue weighted by Gasteiger charge is 2.29. The van der Waals surface area contributed by atoms with Crippen molar-refractivity contribution in [2.45, 2.75) is 45.6 Å². The van der Waals surface area contributed by atoms with Crippen molar-refractivity contribution >= 4 is 28.4 Å². The molecule has 1 fully saturated rings. The van der Waals surface area contributed by atoms with Gasteiger partial charge in [-0.3, -0.25) is 4.68 Å². The number of hydrogen-bond acceptors (Lipinski definition) is 4. The van der Waals surface area contributed by atoms with Crippen LogP contribution in [0.25, 0.3) is 11.4 Å². The lowest BCUT2D eigenvalue weighted by atomic mass is 10.2. The largest absolute Gasteiger partial charge is 0.369 e. The van der Waals surface area contributed by atoms with Gasteiger partial charge in [-0.15, -0.1) is 0 Å². The summed E-state index contributed by atoms with van der Waals surface area (Å²) in [5, 5.41) is 7.75. The quantitative estimate of drug-likeness (QED) is 0.780. The Kier molecular flexibility index (Phi) is 4.14. The third-order valence-electron chi connectivity index (χ3n) is 3.57. The summed E-state index contributed by atoms with van der Waals surface area (Å²) in [7, 11) is 0. The zero-order chi connectivity index (χ0) is 15.0. The first kappa shape index (κ1) is 14.7. The Hall–Kier alpha value is -1.18. The molecule has 0 atom stereocenters. The van der Waals surface area contributed by atoms with E-state index in [0.717, 1.165) is 27.3 Å². The summed E-state index contributed by atoms with van der Waals surface area (Å²) >= 11 is 2.36. The fraction of sp³-hybridized carbons (Fsp3) is 0.533. The number of nitrogens with one attached hydrogen (secondary N) is 1. The highest BCUT2D eigenvalue weighted by molar-refractivity contribution is 14.1. The predicted octanol–water partition coefficient (Wildman–Crippen LogP) is 3.83. The van der Waals surface area contributed by atoms with Crippen molar-refractivity contribution in [2.24, 2.45) is 0 Å². The molecular weight excluding hydrogens is 377 g/mol. The standard InChI is InChI=1S/C15H20IN5/c1-4-17-15-12(16)13(10-5-6-10)19-14(20-15)11-7-18-21(8-11)9(2)3/h7-10H,4-6H2,1-3H3,(H,17,19,20). The fourth-order valence-corrected chi connectivity index (χ4v) is 3.11. The zero-order valence-corrected chi connectivity index (χ0v) is 14.8. The van der Waals surface area contributed by atoms with Gasteiger partial charge >= 0.3 is 0 Å². The second-order valence-electron chi connectivity index (χ2n) is 5.70. The van der Waals surface area contributed by atoms with E-state index in [4.69, 9.17) is 9.97 Å². The van der Waals surface area contributed by atoms with Crippen LogP contribution in [0.1, 0.15) is 51.3 Å². The van der Waals surface area contributed by atoms with Crippen LogP contribution in [0.4, 0.5) is 5.82 Å². The third-order valence-corrected chi connectivity index (χ3v) is 4.64. The van der Waals surface area contributed by atoms with E-state index in [1.807, 2.05) is 17.1 Å². The van der Waals surface area contributed by atoms with Crippen LogP contribution in [-0.4, -0.2) is 26.3 Å². The van der Waals surface area contributed by atoms with Crippen molar-refractivity contribution in [3.63, 3.8) is 0 Å². The van der Waals surface area contributed by atoms with E-state index in [0.29, 0.717) is 12.0 Å². The Morgan fingerprint density at radius 1 is 1.38 bits per heavy atom. The van der Waals surface area contributed by atoms with Gasteiger partial charge in [0, 0.05) is 24.7 Å². The molecule has 0 unspecified atom stereocenters. The van der Waals surface area contributed by atoms with Gasteiger partial charge in [0.15, 0.2) is 5.82 Å². The molecule has 0 aliphatic heterocycles. The topological polar surface area (TPSA) is 55.6 Å². The lowest BCUT2D eigenvalue weighted by Gasteiger charge is -2.11. The van der Waals surface area contributed by atoms with Crippen molar-refractivity contribution in [3.8, 4) is 11.4 Å². The molecule has 2 heterocycles. The zero-order valence-electron chi connectivity index (χ0n) is 12.6. The first-order chi connectivity index (χ1) is 10.1. The third kappa shape index (κ3) is 3.04. The van der Waals surface area contributed by atoms with E-state index >= 15 is 0 Å². The first-order valence-corrected chi connectivity index (χ1v) is 8.53. The number of hydrogen-bond donors (Lipinski definition) is 1. The Bertz CT molecular complexity index is 646. The molecule has 0 bridgehead atoms. The summed E-state index contributed by atoms with van der Waals surface area (Å²) in [4.78, 5) is 9.50. The summed E-state index contributed by atoms with van der Waals surface area (Å²) < 4.78 is 3.11. The minimum absolute atomic E-state index is 0.346. The first-order valence-electron chi connectivity index (χ1n) is 7.46. The molecule has 3 rings (SSSR count). The summed E-state index contributed by atoms with van der Waals surface area (Å²) in [5.74, 6) is 2.33. The number of halogens is 1. The highest BCUT2D eigenvalue weighted by Crippen LogP contribution is 2.42. The van der Waals surface area contributed by atoms with Crippen LogP contribution < -0.4 is 5.32 Å². The van der Waals surface area contributed by atoms with Crippen LogP contribution in [0.5, 0.6) is 0 Å². The minimum Gasteiger partial charge on any atom is -0.369 e. The summed E-state index contributed by atoms with van der Waals surface area (Å²) in [6.07, 6.45) is 6.36. The SMILES string of the molecule is CCNc1nc(-c2cnn(C(C)C)c2)nc(C2CC2)c1I. The molecule has 1 aliphatic carbocycles. The maximum atomic E-state index is 4.81. The smallest absolute Gasteiger partial charge is 0.165 e. The maximum absolute atomic E-state index is 4.81. The van der Waals surface area contributed by atoms with Gasteiger partial charge in [0.25, 0.3) is 0 Å². The number of anilines is 1. The highest BCUT2D eigenvalue weighted by atomic mass is 127. The van der Waals surface area contributed by atoms with Gasteiger partial charge in [0.05, 0.1) is 21.0 Å². The van der Waals surface area contributed by atoms with Gasteiger partial charge in [-0.05, 0) is 56.2 Å². The lowest BCUT2D eigenvalue weighted by molar-refractivity contribution is 0.532. The monoisotopic (exact) mass is 397 g/mol. The molecule has 21 heavy (non-hydrogen) atoms. The van der Waals surface area contributed by atoms with Gasteiger partial charge in [-0.2, -0.15) is 5.10 Å². The molecule has 5 nitrogen and oxygen atoms in total. The van der Waals surface area contributed by atoms with Crippen molar-refractivity contribution < 1.29 is 0 Å². The minimum atomic E-state index is 0.346. The van der Waals surface area contributed by atoms with Crippen molar-refractivity contribution in [1.29, 1.82) is 0 Å². The van der Waals surface area contributed by atoms with Gasteiger partial charge in [-0.25, -0.2) is 9.97 Å². The predicted molar refractivity (Wildman–Crippen MR) is 92.5 cm³/mol. The summed E-state index contributed by atoms with van der Waals surface area (Å²) in [6, 6.07) is 0.346. The molecule has 0 radical (unpaired) electrons. The number of aromatic nitrogens is 4. The van der Waals surface area contributed by atoms with Crippen molar-refractivity contribution in [1.82, 2.24) is 19.7 Å². The normalized spacial score (nSPS) is 14.7. The maximum Gasteiger partial charge on any atom is 0.165 e. The molecule has 0 saturated heterocycles. The second-order valence-corrected chi connectivity index (χ2v) is 6.78. The summed E-state index contributed by atoms with van der Waals surface area (Å²) in [6.45, 7) is 7.18. The van der Waals surface area contributed by atoms with Crippen LogP contribution in [0, 0.1) is 3.57 Å². The van der Waals surface area contributed by atoms with Crippen LogP contribution >= 0.6 is 22.6 Å². The van der Waals surface area contributed by atoms with Crippen LogP contribution in [0.15, 0.2) is 12.4 Å². The Morgan fingerprint density at radius 3 is 2.71 bits per heavy atom. The molecule has 2 aromatic rings. The average Bonchev–Trinajstić information content (AvgIpc) is 3.17. The molecule has 112 valence electrons. The van der Waals surface area contributed by atoms with E-state index in [1.165, 1.54) is 18.5 Å². The average molecular weight is 397 g/mol.